The van der Waals surface area contributed by atoms with E-state index in [2.05, 4.69) is 22.2 Å². The number of anilines is 2. The molecule has 224 valence electrons. The SMILES string of the molecule is C=C(C)c1cccc(C(Nc2ccc3c(N)nccc3c2)(OC(=O)C(F)(F)F)C(=O)NCc2ccccc2S(C)(=O)=O)c1. The number of carbonyl (C=O) groups excluding carboxylic acids is 2. The summed E-state index contributed by atoms with van der Waals surface area (Å²) in [7, 11) is -3.72. The number of ether oxygens (including phenoxy) is 1. The molecule has 4 aromatic rings. The van der Waals surface area contributed by atoms with Crippen LogP contribution in [0, 0.1) is 0 Å². The Hall–Kier alpha value is -4.91. The van der Waals surface area contributed by atoms with Gasteiger partial charge in [-0.2, -0.15) is 13.2 Å². The minimum Gasteiger partial charge on any atom is -0.418 e. The quantitative estimate of drug-likeness (QED) is 0.178. The molecule has 1 atom stereocenters. The molecule has 4 rings (SSSR count). The Labute approximate surface area is 245 Å². The van der Waals surface area contributed by atoms with Gasteiger partial charge in [-0.1, -0.05) is 48.6 Å². The normalized spacial score (nSPS) is 13.1. The van der Waals surface area contributed by atoms with Crippen LogP contribution in [0.1, 0.15) is 23.6 Å². The fourth-order valence-corrected chi connectivity index (χ4v) is 5.33. The summed E-state index contributed by atoms with van der Waals surface area (Å²) < 4.78 is 70.6. The van der Waals surface area contributed by atoms with Crippen molar-refractivity contribution in [3.63, 3.8) is 0 Å². The number of allylic oxidation sites excluding steroid dienone is 1. The molecule has 1 amide bonds. The van der Waals surface area contributed by atoms with Crippen LogP contribution in [-0.2, 0) is 36.4 Å². The Bertz CT molecular complexity index is 1840. The molecule has 1 unspecified atom stereocenters. The van der Waals surface area contributed by atoms with E-state index >= 15 is 0 Å². The van der Waals surface area contributed by atoms with E-state index in [1.807, 2.05) is 0 Å². The van der Waals surface area contributed by atoms with Gasteiger partial charge in [-0.3, -0.25) is 4.79 Å². The Kier molecular flexibility index (Phi) is 8.49. The summed E-state index contributed by atoms with van der Waals surface area (Å²) in [4.78, 5) is 30.4. The van der Waals surface area contributed by atoms with Crippen molar-refractivity contribution in [2.45, 2.75) is 30.3 Å². The van der Waals surface area contributed by atoms with Crippen molar-refractivity contribution in [1.82, 2.24) is 10.3 Å². The molecule has 1 heterocycles. The summed E-state index contributed by atoms with van der Waals surface area (Å²) >= 11 is 0. The number of nitrogen functional groups attached to an aromatic ring is 1. The van der Waals surface area contributed by atoms with Crippen LogP contribution in [0.15, 0.2) is 90.5 Å². The van der Waals surface area contributed by atoms with Crippen LogP contribution in [0.25, 0.3) is 16.3 Å². The highest BCUT2D eigenvalue weighted by Crippen LogP contribution is 2.35. The average molecular weight is 613 g/mol. The second-order valence-electron chi connectivity index (χ2n) is 9.75. The number of benzene rings is 3. The molecule has 4 N–H and O–H groups in total. The third kappa shape index (κ3) is 6.78. The van der Waals surface area contributed by atoms with Crippen molar-refractivity contribution >= 4 is 49.6 Å². The molecule has 0 bridgehead atoms. The van der Waals surface area contributed by atoms with Crippen LogP contribution >= 0.6 is 0 Å². The number of hydrogen-bond acceptors (Lipinski definition) is 8. The number of fused-ring (bicyclic) bond motifs is 1. The molecule has 3 aromatic carbocycles. The number of pyridine rings is 1. The van der Waals surface area contributed by atoms with E-state index in [1.165, 1.54) is 60.8 Å². The van der Waals surface area contributed by atoms with Gasteiger partial charge in [0.1, 0.15) is 5.82 Å². The summed E-state index contributed by atoms with van der Waals surface area (Å²) in [6.45, 7) is 5.08. The second kappa shape index (κ2) is 11.8. The van der Waals surface area contributed by atoms with Gasteiger partial charge < -0.3 is 21.1 Å². The van der Waals surface area contributed by atoms with Crippen LogP contribution in [-0.4, -0.2) is 37.7 Å². The zero-order valence-electron chi connectivity index (χ0n) is 23.0. The van der Waals surface area contributed by atoms with Crippen molar-refractivity contribution in [3.05, 3.63) is 102 Å². The zero-order chi connectivity index (χ0) is 31.6. The first-order valence-electron chi connectivity index (χ1n) is 12.7. The summed E-state index contributed by atoms with van der Waals surface area (Å²) in [5.41, 5.74) is 4.23. The lowest BCUT2D eigenvalue weighted by molar-refractivity contribution is -0.213. The number of nitrogens with one attached hydrogen (secondary N) is 2. The Balaban J connectivity index is 1.89. The van der Waals surface area contributed by atoms with Gasteiger partial charge in [0.05, 0.1) is 4.90 Å². The summed E-state index contributed by atoms with van der Waals surface area (Å²) in [5, 5.41) is 6.24. The lowest BCUT2D eigenvalue weighted by Gasteiger charge is -2.34. The van der Waals surface area contributed by atoms with Crippen molar-refractivity contribution in [2.75, 3.05) is 17.3 Å². The van der Waals surface area contributed by atoms with Crippen LogP contribution in [0.4, 0.5) is 24.7 Å². The fourth-order valence-electron chi connectivity index (χ4n) is 4.39. The van der Waals surface area contributed by atoms with Crippen molar-refractivity contribution in [1.29, 1.82) is 0 Å². The maximum Gasteiger partial charge on any atom is 0.491 e. The van der Waals surface area contributed by atoms with E-state index in [4.69, 9.17) is 10.5 Å². The van der Waals surface area contributed by atoms with Crippen LogP contribution in [0.3, 0.4) is 0 Å². The van der Waals surface area contributed by atoms with Gasteiger partial charge in [0, 0.05) is 35.6 Å². The topological polar surface area (TPSA) is 140 Å². The molecule has 0 aliphatic rings. The van der Waals surface area contributed by atoms with Gasteiger partial charge in [-0.05, 0) is 59.8 Å². The monoisotopic (exact) mass is 612 g/mol. The maximum absolute atomic E-state index is 14.0. The van der Waals surface area contributed by atoms with E-state index in [0.717, 1.165) is 6.26 Å². The molecule has 0 radical (unpaired) electrons. The molecule has 43 heavy (non-hydrogen) atoms. The number of hydrogen-bond donors (Lipinski definition) is 3. The Morgan fingerprint density at radius 2 is 1.74 bits per heavy atom. The summed E-state index contributed by atoms with van der Waals surface area (Å²) in [5.74, 6) is -3.64. The number of amides is 1. The van der Waals surface area contributed by atoms with Crippen molar-refractivity contribution < 1.29 is 35.9 Å². The zero-order valence-corrected chi connectivity index (χ0v) is 23.8. The third-order valence-electron chi connectivity index (χ3n) is 6.49. The van der Waals surface area contributed by atoms with E-state index < -0.39 is 40.2 Å². The Morgan fingerprint density at radius 1 is 1.02 bits per heavy atom. The molecule has 0 aliphatic heterocycles. The summed E-state index contributed by atoms with van der Waals surface area (Å²) in [6, 6.07) is 17.7. The van der Waals surface area contributed by atoms with Crippen molar-refractivity contribution in [3.8, 4) is 0 Å². The van der Waals surface area contributed by atoms with E-state index in [0.29, 0.717) is 21.9 Å². The van der Waals surface area contributed by atoms with Gasteiger partial charge in [0.2, 0.25) is 0 Å². The van der Waals surface area contributed by atoms with Gasteiger partial charge in [0.25, 0.3) is 11.6 Å². The average Bonchev–Trinajstić information content (AvgIpc) is 2.94. The first-order chi connectivity index (χ1) is 20.1. The molecule has 0 saturated carbocycles. The number of aromatic nitrogens is 1. The highest BCUT2D eigenvalue weighted by Gasteiger charge is 2.52. The molecule has 0 saturated heterocycles. The Morgan fingerprint density at radius 3 is 2.42 bits per heavy atom. The standard InChI is InChI=1S/C30H27F3N4O5S/c1-18(2)19-8-6-9-22(15-19)29(42-28(39)30(31,32)33,37-23-11-12-24-20(16-23)13-14-35-26(24)34)27(38)36-17-21-7-4-5-10-25(21)43(3,40)41/h4-16,37H,1,17H2,2-3H3,(H2,34,35)(H,36,38). The number of nitrogens with two attached hydrogens (primary N) is 1. The van der Waals surface area contributed by atoms with Crippen LogP contribution < -0.4 is 16.4 Å². The number of rotatable bonds is 9. The highest BCUT2D eigenvalue weighted by atomic mass is 32.2. The molecule has 1 aromatic heterocycles. The van der Waals surface area contributed by atoms with Gasteiger partial charge >= 0.3 is 12.1 Å². The molecular formula is C30H27F3N4O5S. The lowest BCUT2D eigenvalue weighted by Crippen LogP contribution is -2.54. The summed E-state index contributed by atoms with van der Waals surface area (Å²) in [6.07, 6.45) is -3.05. The van der Waals surface area contributed by atoms with E-state index in [1.54, 1.807) is 25.1 Å². The van der Waals surface area contributed by atoms with Crippen molar-refractivity contribution in [2.24, 2.45) is 0 Å². The largest absolute Gasteiger partial charge is 0.491 e. The molecule has 9 nitrogen and oxygen atoms in total. The predicted octanol–water partition coefficient (Wildman–Crippen LogP) is 4.94. The van der Waals surface area contributed by atoms with Gasteiger partial charge in [-0.15, -0.1) is 0 Å². The van der Waals surface area contributed by atoms with Gasteiger partial charge in [-0.25, -0.2) is 18.2 Å². The highest BCUT2D eigenvalue weighted by molar-refractivity contribution is 7.90. The number of nitrogens with zero attached hydrogens (tertiary/aromatic N) is 1. The number of sulfone groups is 1. The van der Waals surface area contributed by atoms with Crippen LogP contribution in [0.2, 0.25) is 0 Å². The lowest BCUT2D eigenvalue weighted by atomic mass is 9.96. The first kappa shape index (κ1) is 31.0. The smallest absolute Gasteiger partial charge is 0.418 e. The van der Waals surface area contributed by atoms with Gasteiger partial charge in [0.15, 0.2) is 9.84 Å². The fraction of sp³-hybridized carbons (Fsp3) is 0.167. The molecule has 0 spiro atoms. The number of halogens is 3. The minimum atomic E-state index is -5.47. The molecule has 13 heteroatoms. The molecule has 0 aliphatic carbocycles. The number of alkyl halides is 3. The van der Waals surface area contributed by atoms with Crippen LogP contribution in [0.5, 0.6) is 0 Å². The van der Waals surface area contributed by atoms with E-state index in [-0.39, 0.29) is 27.5 Å². The minimum absolute atomic E-state index is 0.0915. The second-order valence-corrected chi connectivity index (χ2v) is 11.7. The third-order valence-corrected chi connectivity index (χ3v) is 7.68. The first-order valence-corrected chi connectivity index (χ1v) is 14.6. The number of carbonyl (C=O) groups is 2. The predicted molar refractivity (Wildman–Crippen MR) is 156 cm³/mol. The van der Waals surface area contributed by atoms with E-state index in [9.17, 15) is 31.2 Å². The molecule has 0 fully saturated rings. The number of esters is 1. The maximum atomic E-state index is 14.0. The molecular weight excluding hydrogens is 585 g/mol.